The van der Waals surface area contributed by atoms with Crippen molar-refractivity contribution in [2.75, 3.05) is 18.7 Å². The smallest absolute Gasteiger partial charge is 0.325 e. The van der Waals surface area contributed by atoms with E-state index in [1.165, 1.54) is 0 Å². The van der Waals surface area contributed by atoms with Crippen molar-refractivity contribution in [2.45, 2.75) is 24.3 Å². The fourth-order valence-electron chi connectivity index (χ4n) is 2.00. The highest BCUT2D eigenvalue weighted by atomic mass is 32.2. The second kappa shape index (κ2) is 6.15. The largest absolute Gasteiger partial charge is 0.447 e. The second-order valence-corrected chi connectivity index (χ2v) is 7.47. The first-order chi connectivity index (χ1) is 9.46. The minimum atomic E-state index is -3.69. The van der Waals surface area contributed by atoms with Crippen molar-refractivity contribution in [1.82, 2.24) is 4.31 Å². The van der Waals surface area contributed by atoms with E-state index >= 15 is 0 Å². The highest BCUT2D eigenvalue weighted by Crippen LogP contribution is 2.25. The average molecular weight is 315 g/mol. The Balaban J connectivity index is 2.28. The molecule has 0 N–H and O–H groups in total. The number of rotatable bonds is 5. The van der Waals surface area contributed by atoms with Crippen LogP contribution in [0.15, 0.2) is 29.2 Å². The molecule has 0 aliphatic carbocycles. The Kier molecular flexibility index (Phi) is 4.72. The maximum absolute atomic E-state index is 12.6. The number of sulfonamides is 1. The van der Waals surface area contributed by atoms with Gasteiger partial charge in [-0.3, -0.25) is 4.79 Å². The van der Waals surface area contributed by atoms with Gasteiger partial charge in [0.05, 0.1) is 4.90 Å². The van der Waals surface area contributed by atoms with E-state index in [1.807, 2.05) is 13.2 Å². The number of carbonyl (C=O) groups is 1. The van der Waals surface area contributed by atoms with Crippen LogP contribution in [-0.4, -0.2) is 43.5 Å². The Morgan fingerprint density at radius 2 is 2.00 bits per heavy atom. The number of hydrogen-bond donors (Lipinski definition) is 0. The molecule has 1 aliphatic heterocycles. The zero-order valence-corrected chi connectivity index (χ0v) is 13.0. The molecule has 7 heteroatoms. The highest BCUT2D eigenvalue weighted by molar-refractivity contribution is 7.98. The molecule has 20 heavy (non-hydrogen) atoms. The summed E-state index contributed by atoms with van der Waals surface area (Å²) >= 11 is 1.57. The molecule has 5 nitrogen and oxygen atoms in total. The van der Waals surface area contributed by atoms with E-state index in [2.05, 4.69) is 0 Å². The van der Waals surface area contributed by atoms with E-state index in [-0.39, 0.29) is 11.6 Å². The van der Waals surface area contributed by atoms with Crippen LogP contribution in [0.5, 0.6) is 0 Å². The normalized spacial score (nSPS) is 20.1. The van der Waals surface area contributed by atoms with E-state index in [0.29, 0.717) is 12.2 Å². The molecule has 0 bridgehead atoms. The van der Waals surface area contributed by atoms with Crippen molar-refractivity contribution >= 4 is 27.8 Å². The molecule has 1 heterocycles. The predicted octanol–water partition coefficient (Wildman–Crippen LogP) is 1.62. The third-order valence-corrected chi connectivity index (χ3v) is 5.67. The third-order valence-electron chi connectivity index (χ3n) is 3.18. The summed E-state index contributed by atoms with van der Waals surface area (Å²) in [4.78, 5) is 11.9. The Labute approximate surface area is 123 Å². The van der Waals surface area contributed by atoms with Gasteiger partial charge in [0, 0.05) is 0 Å². The summed E-state index contributed by atoms with van der Waals surface area (Å²) < 4.78 is 31.2. The molecule has 2 rings (SSSR count). The summed E-state index contributed by atoms with van der Waals surface area (Å²) in [5, 5.41) is 0. The molecule has 0 saturated carbocycles. The van der Waals surface area contributed by atoms with Crippen molar-refractivity contribution in [3.63, 3.8) is 0 Å². The van der Waals surface area contributed by atoms with Crippen molar-refractivity contribution < 1.29 is 17.9 Å². The fourth-order valence-corrected chi connectivity index (χ4v) is 3.93. The standard InChI is InChI=1S/C13H17NO4S2/c1-10-3-5-11(6-4-10)20(16,17)14-9-18-13(15)12(14)7-8-19-2/h3-6,12H,7-9H2,1-2H3. The van der Waals surface area contributed by atoms with Gasteiger partial charge in [0.1, 0.15) is 6.04 Å². The zero-order chi connectivity index (χ0) is 14.8. The summed E-state index contributed by atoms with van der Waals surface area (Å²) in [6, 6.07) is 5.87. The highest BCUT2D eigenvalue weighted by Gasteiger charge is 2.42. The van der Waals surface area contributed by atoms with Gasteiger partial charge in [0.2, 0.25) is 10.0 Å². The van der Waals surface area contributed by atoms with Gasteiger partial charge >= 0.3 is 5.97 Å². The number of cyclic esters (lactones) is 1. The van der Waals surface area contributed by atoms with Gasteiger partial charge < -0.3 is 4.74 Å². The Morgan fingerprint density at radius 1 is 1.35 bits per heavy atom. The van der Waals surface area contributed by atoms with Crippen LogP contribution in [0.3, 0.4) is 0 Å². The van der Waals surface area contributed by atoms with Crippen LogP contribution in [0, 0.1) is 6.92 Å². The molecule has 0 aromatic heterocycles. The van der Waals surface area contributed by atoms with E-state index in [9.17, 15) is 13.2 Å². The summed E-state index contributed by atoms with van der Waals surface area (Å²) in [7, 11) is -3.69. The van der Waals surface area contributed by atoms with Gasteiger partial charge in [0.15, 0.2) is 6.73 Å². The number of nitrogens with zero attached hydrogens (tertiary/aromatic N) is 1. The SMILES string of the molecule is CSCCC1C(=O)OCN1S(=O)(=O)c1ccc(C)cc1. The van der Waals surface area contributed by atoms with Crippen LogP contribution < -0.4 is 0 Å². The van der Waals surface area contributed by atoms with Crippen molar-refractivity contribution in [3.05, 3.63) is 29.8 Å². The molecule has 0 radical (unpaired) electrons. The van der Waals surface area contributed by atoms with Crippen LogP contribution in [0.25, 0.3) is 0 Å². The maximum atomic E-state index is 12.6. The number of benzene rings is 1. The van der Waals surface area contributed by atoms with E-state index in [0.717, 1.165) is 9.87 Å². The third kappa shape index (κ3) is 2.99. The van der Waals surface area contributed by atoms with Crippen LogP contribution in [0.1, 0.15) is 12.0 Å². The molecule has 1 fully saturated rings. The summed E-state index contributed by atoms with van der Waals surface area (Å²) in [5.41, 5.74) is 0.983. The lowest BCUT2D eigenvalue weighted by molar-refractivity contribution is -0.139. The monoisotopic (exact) mass is 315 g/mol. The quantitative estimate of drug-likeness (QED) is 0.773. The Bertz CT molecular complexity index is 583. The molecule has 1 unspecified atom stereocenters. The summed E-state index contributed by atoms with van der Waals surface area (Å²) in [6.45, 7) is 1.69. The molecular formula is C13H17NO4S2. The van der Waals surface area contributed by atoms with E-state index < -0.39 is 22.0 Å². The van der Waals surface area contributed by atoms with Crippen molar-refractivity contribution in [2.24, 2.45) is 0 Å². The molecule has 1 saturated heterocycles. The Hall–Kier alpha value is -1.05. The fraction of sp³-hybridized carbons (Fsp3) is 0.462. The lowest BCUT2D eigenvalue weighted by atomic mass is 10.2. The van der Waals surface area contributed by atoms with E-state index in [1.54, 1.807) is 36.0 Å². The van der Waals surface area contributed by atoms with Crippen LogP contribution in [-0.2, 0) is 19.6 Å². The number of esters is 1. The van der Waals surface area contributed by atoms with Gasteiger partial charge in [-0.2, -0.15) is 11.8 Å². The van der Waals surface area contributed by atoms with Crippen LogP contribution >= 0.6 is 11.8 Å². The van der Waals surface area contributed by atoms with Gasteiger partial charge in [-0.1, -0.05) is 17.7 Å². The van der Waals surface area contributed by atoms with Gasteiger partial charge in [0.25, 0.3) is 0 Å². The van der Waals surface area contributed by atoms with Crippen molar-refractivity contribution in [1.29, 1.82) is 0 Å². The second-order valence-electron chi connectivity index (χ2n) is 4.59. The molecule has 110 valence electrons. The van der Waals surface area contributed by atoms with E-state index in [4.69, 9.17) is 4.74 Å². The molecule has 1 aromatic carbocycles. The number of hydrogen-bond acceptors (Lipinski definition) is 5. The lowest BCUT2D eigenvalue weighted by Gasteiger charge is -2.19. The predicted molar refractivity (Wildman–Crippen MR) is 77.9 cm³/mol. The van der Waals surface area contributed by atoms with Crippen LogP contribution in [0.2, 0.25) is 0 Å². The molecule has 0 spiro atoms. The average Bonchev–Trinajstić information content (AvgIpc) is 2.79. The van der Waals surface area contributed by atoms with Crippen LogP contribution in [0.4, 0.5) is 0 Å². The summed E-state index contributed by atoms with van der Waals surface area (Å²) in [5.74, 6) is 0.245. The number of carbonyl (C=O) groups excluding carboxylic acids is 1. The molecule has 1 aromatic rings. The molecular weight excluding hydrogens is 298 g/mol. The number of aryl methyl sites for hydroxylation is 1. The van der Waals surface area contributed by atoms with Gasteiger partial charge in [-0.15, -0.1) is 4.31 Å². The number of thioether (sulfide) groups is 1. The van der Waals surface area contributed by atoms with Gasteiger partial charge in [-0.05, 0) is 37.5 Å². The lowest BCUT2D eigenvalue weighted by Crippen LogP contribution is -2.38. The molecule has 1 aliphatic rings. The first-order valence-electron chi connectivity index (χ1n) is 6.21. The minimum absolute atomic E-state index is 0.190. The van der Waals surface area contributed by atoms with Crippen molar-refractivity contribution in [3.8, 4) is 0 Å². The molecule has 0 amide bonds. The maximum Gasteiger partial charge on any atom is 0.325 e. The summed E-state index contributed by atoms with van der Waals surface area (Å²) in [6.07, 6.45) is 2.38. The van der Waals surface area contributed by atoms with Gasteiger partial charge in [-0.25, -0.2) is 8.42 Å². The zero-order valence-electron chi connectivity index (χ0n) is 11.4. The Morgan fingerprint density at radius 3 is 2.60 bits per heavy atom. The first kappa shape index (κ1) is 15.3. The number of ether oxygens (including phenoxy) is 1. The molecule has 1 atom stereocenters. The first-order valence-corrected chi connectivity index (χ1v) is 9.04. The topological polar surface area (TPSA) is 63.7 Å². The minimum Gasteiger partial charge on any atom is -0.447 e.